The first-order chi connectivity index (χ1) is 17.4. The molecule has 0 unspecified atom stereocenters. The van der Waals surface area contributed by atoms with Gasteiger partial charge in [-0.25, -0.2) is 8.78 Å². The Hall–Kier alpha value is -3.91. The fourth-order valence-corrected chi connectivity index (χ4v) is 5.17. The summed E-state index contributed by atoms with van der Waals surface area (Å²) in [4.78, 5) is 17.9. The van der Waals surface area contributed by atoms with Crippen molar-refractivity contribution in [1.29, 1.82) is 0 Å². The van der Waals surface area contributed by atoms with Gasteiger partial charge in [-0.05, 0) is 77.9 Å². The van der Waals surface area contributed by atoms with Crippen LogP contribution in [-0.4, -0.2) is 32.2 Å². The average molecular weight is 488 g/mol. The fraction of sp³-hybridized carbons (Fsp3) is 0.250. The number of rotatable bonds is 5. The summed E-state index contributed by atoms with van der Waals surface area (Å²) in [6, 6.07) is 15.3. The quantitative estimate of drug-likeness (QED) is 0.381. The van der Waals surface area contributed by atoms with Gasteiger partial charge in [-0.1, -0.05) is 29.4 Å². The third-order valence-corrected chi connectivity index (χ3v) is 7.30. The summed E-state index contributed by atoms with van der Waals surface area (Å²) in [5.41, 5.74) is 5.27. The van der Waals surface area contributed by atoms with Gasteiger partial charge in [-0.3, -0.25) is 9.69 Å². The Morgan fingerprint density at radius 2 is 1.81 bits per heavy atom. The number of halogens is 2. The molecule has 0 spiro atoms. The van der Waals surface area contributed by atoms with Gasteiger partial charge < -0.3 is 9.63 Å². The third-order valence-electron chi connectivity index (χ3n) is 7.30. The predicted octanol–water partition coefficient (Wildman–Crippen LogP) is 5.84. The Labute approximate surface area is 206 Å². The highest BCUT2D eigenvalue weighted by molar-refractivity contribution is 5.72. The van der Waals surface area contributed by atoms with Crippen molar-refractivity contribution in [3.63, 3.8) is 0 Å². The monoisotopic (exact) mass is 487 g/mol. The number of fused-ring (bicyclic) bond motifs is 1. The molecule has 6 nitrogen and oxygen atoms in total. The lowest BCUT2D eigenvalue weighted by Crippen LogP contribution is -2.44. The number of hydrogen-bond donors (Lipinski definition) is 1. The van der Waals surface area contributed by atoms with E-state index < -0.39 is 11.8 Å². The Kier molecular flexibility index (Phi) is 5.41. The summed E-state index contributed by atoms with van der Waals surface area (Å²) in [5.74, 6) is -1.42. The lowest BCUT2D eigenvalue weighted by Gasteiger charge is -2.39. The van der Waals surface area contributed by atoms with Crippen LogP contribution < -0.4 is 0 Å². The molecule has 8 heteroatoms. The van der Waals surface area contributed by atoms with Gasteiger partial charge in [-0.2, -0.15) is 4.98 Å². The average Bonchev–Trinajstić information content (AvgIpc) is 3.46. The van der Waals surface area contributed by atoms with Crippen LogP contribution >= 0.6 is 0 Å². The molecule has 0 atom stereocenters. The molecule has 2 heterocycles. The van der Waals surface area contributed by atoms with Crippen molar-refractivity contribution in [2.75, 3.05) is 0 Å². The largest absolute Gasteiger partial charge is 0.481 e. The minimum absolute atomic E-state index is 0.0766. The molecule has 1 fully saturated rings. The summed E-state index contributed by atoms with van der Waals surface area (Å²) in [6.45, 7) is 3.37. The molecule has 1 saturated carbocycles. The van der Waals surface area contributed by atoms with Crippen molar-refractivity contribution >= 4 is 5.97 Å². The molecule has 4 aromatic rings. The molecule has 0 saturated heterocycles. The molecule has 0 amide bonds. The Bertz CT molecular complexity index is 1490. The molecule has 182 valence electrons. The first-order valence-electron chi connectivity index (χ1n) is 11.8. The maximum Gasteiger partial charge on any atom is 0.306 e. The first kappa shape index (κ1) is 22.5. The van der Waals surface area contributed by atoms with E-state index in [1.165, 1.54) is 23.8 Å². The van der Waals surface area contributed by atoms with Crippen molar-refractivity contribution in [3.8, 4) is 34.0 Å². The zero-order valence-electron chi connectivity index (χ0n) is 19.5. The first-order valence-corrected chi connectivity index (χ1v) is 11.8. The lowest BCUT2D eigenvalue weighted by molar-refractivity contribution is -0.147. The van der Waals surface area contributed by atoms with E-state index in [0.29, 0.717) is 35.8 Å². The molecular weight excluding hydrogens is 464 g/mol. The van der Waals surface area contributed by atoms with Crippen LogP contribution in [0.4, 0.5) is 8.78 Å². The highest BCUT2D eigenvalue weighted by Crippen LogP contribution is 2.38. The van der Waals surface area contributed by atoms with Gasteiger partial charge in [0.15, 0.2) is 0 Å². The highest BCUT2D eigenvalue weighted by Gasteiger charge is 2.39. The summed E-state index contributed by atoms with van der Waals surface area (Å²) in [5, 5.41) is 13.2. The lowest BCUT2D eigenvalue weighted by atomic mass is 9.79. The highest BCUT2D eigenvalue weighted by atomic mass is 19.1. The van der Waals surface area contributed by atoms with Crippen LogP contribution in [0.1, 0.15) is 29.5 Å². The van der Waals surface area contributed by atoms with Crippen LogP contribution in [0.2, 0.25) is 0 Å². The number of aromatic nitrogens is 2. The zero-order valence-corrected chi connectivity index (χ0v) is 19.5. The van der Waals surface area contributed by atoms with Crippen LogP contribution in [0.15, 0.2) is 59.1 Å². The molecule has 6 rings (SSSR count). The van der Waals surface area contributed by atoms with E-state index in [4.69, 9.17) is 9.63 Å². The van der Waals surface area contributed by atoms with Crippen LogP contribution in [-0.2, 0) is 17.9 Å². The van der Waals surface area contributed by atoms with E-state index in [-0.39, 0.29) is 23.2 Å². The van der Waals surface area contributed by atoms with Crippen molar-refractivity contribution in [1.82, 2.24) is 15.0 Å². The third kappa shape index (κ3) is 3.97. The molecule has 2 aliphatic rings. The maximum atomic E-state index is 15.1. The molecule has 0 radical (unpaired) electrons. The topological polar surface area (TPSA) is 79.5 Å². The minimum Gasteiger partial charge on any atom is -0.481 e. The second-order valence-electron chi connectivity index (χ2n) is 9.63. The van der Waals surface area contributed by atoms with Gasteiger partial charge >= 0.3 is 5.97 Å². The molecular formula is C28H23F2N3O3. The summed E-state index contributed by atoms with van der Waals surface area (Å²) >= 11 is 0. The van der Waals surface area contributed by atoms with Gasteiger partial charge in [0.2, 0.25) is 5.82 Å². The Balaban J connectivity index is 1.22. The van der Waals surface area contributed by atoms with Crippen molar-refractivity contribution < 1.29 is 23.2 Å². The number of carboxylic acids is 1. The number of benzene rings is 3. The number of hydrogen-bond acceptors (Lipinski definition) is 5. The number of aliphatic carboxylic acids is 1. The second-order valence-corrected chi connectivity index (χ2v) is 9.63. The smallest absolute Gasteiger partial charge is 0.306 e. The van der Waals surface area contributed by atoms with E-state index in [2.05, 4.69) is 15.0 Å². The molecule has 36 heavy (non-hydrogen) atoms. The fourth-order valence-electron chi connectivity index (χ4n) is 5.17. The van der Waals surface area contributed by atoms with Crippen LogP contribution in [0.5, 0.6) is 0 Å². The van der Waals surface area contributed by atoms with Crippen molar-refractivity contribution in [2.45, 2.75) is 38.9 Å². The van der Waals surface area contributed by atoms with Crippen LogP contribution in [0.25, 0.3) is 34.0 Å². The van der Waals surface area contributed by atoms with E-state index >= 15 is 4.39 Å². The van der Waals surface area contributed by atoms with Gasteiger partial charge in [0.1, 0.15) is 11.6 Å². The second kappa shape index (κ2) is 8.64. The Morgan fingerprint density at radius 1 is 1.00 bits per heavy atom. The normalized spacial score (nSPS) is 19.2. The number of nitrogens with zero attached hydrogens (tertiary/aromatic N) is 3. The number of aryl methyl sites for hydroxylation is 1. The number of carbonyl (C=O) groups is 1. The SMILES string of the molecule is Cc1cc(-c2nc(-c3ccc4c(c3)CN([C@H]3C[C@H](C(=O)O)C3)C4)no2)c(F)cc1-c1cccc(F)c1. The molecule has 3 aromatic carbocycles. The number of carboxylic acid groups (broad SMARTS) is 1. The van der Waals surface area contributed by atoms with Gasteiger partial charge in [0.25, 0.3) is 5.89 Å². The molecule has 1 aromatic heterocycles. The summed E-state index contributed by atoms with van der Waals surface area (Å²) in [6.07, 6.45) is 1.38. The molecule has 0 bridgehead atoms. The van der Waals surface area contributed by atoms with Crippen molar-refractivity contribution in [3.05, 3.63) is 82.9 Å². The van der Waals surface area contributed by atoms with Crippen LogP contribution in [0.3, 0.4) is 0 Å². The summed E-state index contributed by atoms with van der Waals surface area (Å²) in [7, 11) is 0. The standard InChI is InChI=1S/C28H23F2N3O3/c1-15-7-24(25(30)12-23(15)16-3-2-4-21(29)9-16)27-31-26(32-36-27)17-5-6-18-13-33(14-20(18)8-17)22-10-19(11-22)28(34)35/h2-9,12,19,22H,10-11,13-14H2,1H3,(H,34,35)/t19-,22-. The van der Waals surface area contributed by atoms with Gasteiger partial charge in [0.05, 0.1) is 11.5 Å². The minimum atomic E-state index is -0.714. The molecule has 1 aliphatic carbocycles. The van der Waals surface area contributed by atoms with Gasteiger partial charge in [0, 0.05) is 24.7 Å². The molecule has 1 aliphatic heterocycles. The van der Waals surface area contributed by atoms with E-state index in [9.17, 15) is 9.18 Å². The Morgan fingerprint density at radius 3 is 2.58 bits per heavy atom. The van der Waals surface area contributed by atoms with E-state index in [0.717, 1.165) is 29.8 Å². The maximum absolute atomic E-state index is 15.1. The zero-order chi connectivity index (χ0) is 25.0. The van der Waals surface area contributed by atoms with Crippen molar-refractivity contribution in [2.24, 2.45) is 5.92 Å². The van der Waals surface area contributed by atoms with Gasteiger partial charge in [-0.15, -0.1) is 0 Å². The van der Waals surface area contributed by atoms with E-state index in [1.807, 2.05) is 25.1 Å². The summed E-state index contributed by atoms with van der Waals surface area (Å²) < 4.78 is 34.1. The van der Waals surface area contributed by atoms with Crippen LogP contribution in [0, 0.1) is 24.5 Å². The molecule has 1 N–H and O–H groups in total. The van der Waals surface area contributed by atoms with E-state index in [1.54, 1.807) is 18.2 Å². The predicted molar refractivity (Wildman–Crippen MR) is 129 cm³/mol.